The number of aryl methyl sites for hydroxylation is 1. The van der Waals surface area contributed by atoms with Crippen LogP contribution in [0.15, 0.2) is 44.0 Å². The van der Waals surface area contributed by atoms with E-state index in [0.29, 0.717) is 13.0 Å². The van der Waals surface area contributed by atoms with Gasteiger partial charge < -0.3 is 31.1 Å². The Hall–Kier alpha value is -1.00. The number of likely N-dealkylation sites (N-methyl/N-ethyl adjacent to an activating group) is 1. The summed E-state index contributed by atoms with van der Waals surface area (Å²) in [4.78, 5) is 0. The van der Waals surface area contributed by atoms with Gasteiger partial charge in [-0.3, -0.25) is 0 Å². The molecule has 1 rings (SSSR count). The molecule has 1 heterocycles. The van der Waals surface area contributed by atoms with Gasteiger partial charge >= 0.3 is 0 Å². The van der Waals surface area contributed by atoms with E-state index in [1.807, 2.05) is 35.4 Å². The second-order valence-electron chi connectivity index (χ2n) is 8.82. The van der Waals surface area contributed by atoms with Gasteiger partial charge in [0.1, 0.15) is 18.9 Å². The van der Waals surface area contributed by atoms with E-state index < -0.39 is 10.1 Å². The number of nitrogens with zero attached hydrogens (tertiary/aromatic N) is 3. The molecule has 9 heteroatoms. The van der Waals surface area contributed by atoms with Crippen LogP contribution in [0.2, 0.25) is 0 Å². The quantitative estimate of drug-likeness (QED) is 0.106. The minimum Gasteiger partial charge on any atom is -1.00 e. The number of unbranched alkanes of at least 4 members (excludes halogenated alkanes) is 7. The molecule has 0 aliphatic heterocycles. The second kappa shape index (κ2) is 23.7. The highest BCUT2D eigenvalue weighted by molar-refractivity contribution is 7.85. The third-order valence-electron chi connectivity index (χ3n) is 4.96. The Bertz CT molecular complexity index is 695. The van der Waals surface area contributed by atoms with Gasteiger partial charge in [-0.05, 0) is 25.5 Å². The predicted molar refractivity (Wildman–Crippen MR) is 137 cm³/mol. The fourth-order valence-corrected chi connectivity index (χ4v) is 3.62. The number of imidazole rings is 1. The normalized spacial score (nSPS) is 10.8. The van der Waals surface area contributed by atoms with Crippen molar-refractivity contribution in [3.05, 3.63) is 44.0 Å². The van der Waals surface area contributed by atoms with Gasteiger partial charge in [0.25, 0.3) is 0 Å². The maximum Gasteiger partial charge on any atom is 0.243 e. The summed E-state index contributed by atoms with van der Waals surface area (Å²) in [6, 6.07) is 0. The molecule has 7 nitrogen and oxygen atoms in total. The highest BCUT2D eigenvalue weighted by Crippen LogP contribution is 2.08. The first kappa shape index (κ1) is 37.5. The lowest BCUT2D eigenvalue weighted by atomic mass is 10.1. The standard InChI is InChI=1S/C10H22O3S.C8H16N.C7H13N2O.BrH/c1-2-3-4-5-6-7-8-9-10-14(11,12)13;1-5-7-9(3,4)8-6-2;1-2-8-3-4-9(7-8)5-6-10;/h2-10H2,1H3,(H,11,12,13);5-6H,1-2,7-8H2,3-4H3;3-4,7,10H,2,5-6H2,1H3;1H/q;2*+1;/p-2. The minimum atomic E-state index is -3.98. The van der Waals surface area contributed by atoms with Crippen molar-refractivity contribution in [3.63, 3.8) is 0 Å². The number of halogens is 1. The zero-order chi connectivity index (χ0) is 25.6. The van der Waals surface area contributed by atoms with Gasteiger partial charge in [-0.2, -0.15) is 0 Å². The van der Waals surface area contributed by atoms with Crippen LogP contribution in [0.3, 0.4) is 0 Å². The first-order valence-electron chi connectivity index (χ1n) is 12.2. The maximum absolute atomic E-state index is 10.2. The third-order valence-corrected chi connectivity index (χ3v) is 5.75. The molecule has 0 amide bonds. The van der Waals surface area contributed by atoms with Crippen LogP contribution in [0.5, 0.6) is 0 Å². The van der Waals surface area contributed by atoms with Crippen molar-refractivity contribution in [3.8, 4) is 0 Å². The van der Waals surface area contributed by atoms with Crippen LogP contribution in [0.25, 0.3) is 0 Å². The van der Waals surface area contributed by atoms with Gasteiger partial charge in [-0.25, -0.2) is 17.6 Å². The van der Waals surface area contributed by atoms with E-state index in [1.54, 1.807) is 0 Å². The molecule has 0 atom stereocenters. The molecule has 0 spiro atoms. The average Bonchev–Trinajstić information content (AvgIpc) is 3.18. The summed E-state index contributed by atoms with van der Waals surface area (Å²) in [6.07, 6.45) is 18.5. The van der Waals surface area contributed by atoms with Gasteiger partial charge in [0.15, 0.2) is 0 Å². The molecule has 1 aromatic heterocycles. The third kappa shape index (κ3) is 27.2. The number of hydrogen-bond acceptors (Lipinski definition) is 4. The zero-order valence-electron chi connectivity index (χ0n) is 22.0. The Morgan fingerprint density at radius 2 is 1.50 bits per heavy atom. The average molecular weight is 569 g/mol. The van der Waals surface area contributed by atoms with Crippen molar-refractivity contribution in [2.45, 2.75) is 78.3 Å². The van der Waals surface area contributed by atoms with Gasteiger partial charge in [0.05, 0.1) is 50.5 Å². The van der Waals surface area contributed by atoms with Crippen LogP contribution in [-0.4, -0.2) is 66.7 Å². The lowest BCUT2D eigenvalue weighted by molar-refractivity contribution is -0.878. The van der Waals surface area contributed by atoms with Gasteiger partial charge in [0.2, 0.25) is 6.33 Å². The predicted octanol–water partition coefficient (Wildman–Crippen LogP) is 0.899. The van der Waals surface area contributed by atoms with Crippen LogP contribution in [0, 0.1) is 0 Å². The number of rotatable bonds is 16. The first-order valence-corrected chi connectivity index (χ1v) is 13.8. The van der Waals surface area contributed by atoms with Gasteiger partial charge in [-0.1, -0.05) is 65.0 Å². The van der Waals surface area contributed by atoms with E-state index in [2.05, 4.69) is 45.7 Å². The fraction of sp³-hybridized carbons (Fsp3) is 0.720. The van der Waals surface area contributed by atoms with E-state index in [9.17, 15) is 13.0 Å². The van der Waals surface area contributed by atoms with Crippen molar-refractivity contribution in [2.24, 2.45) is 0 Å². The highest BCUT2D eigenvalue weighted by atomic mass is 79.9. The van der Waals surface area contributed by atoms with E-state index in [1.165, 1.54) is 32.1 Å². The Morgan fingerprint density at radius 3 is 1.88 bits per heavy atom. The van der Waals surface area contributed by atoms with Crippen molar-refractivity contribution in [2.75, 3.05) is 39.5 Å². The fourth-order valence-electron chi connectivity index (χ4n) is 3.06. The molecule has 0 radical (unpaired) electrons. The van der Waals surface area contributed by atoms with E-state index in [-0.39, 0.29) is 29.3 Å². The molecule has 1 aromatic rings. The lowest BCUT2D eigenvalue weighted by Gasteiger charge is -2.26. The topological polar surface area (TPSA) is 86.2 Å². The van der Waals surface area contributed by atoms with Crippen molar-refractivity contribution in [1.82, 2.24) is 4.57 Å². The zero-order valence-corrected chi connectivity index (χ0v) is 24.4. The second-order valence-corrected chi connectivity index (χ2v) is 10.3. The molecule has 202 valence electrons. The summed E-state index contributed by atoms with van der Waals surface area (Å²) in [5, 5.41) is 8.57. The summed E-state index contributed by atoms with van der Waals surface area (Å²) in [7, 11) is 0.337. The Morgan fingerprint density at radius 1 is 1.00 bits per heavy atom. The molecule has 0 aliphatic rings. The maximum atomic E-state index is 10.2. The monoisotopic (exact) mass is 567 g/mol. The lowest BCUT2D eigenvalue weighted by Crippen LogP contribution is -3.00. The van der Waals surface area contributed by atoms with Crippen molar-refractivity contribution >= 4 is 10.1 Å². The molecule has 1 N–H and O–H groups in total. The number of aromatic nitrogens is 2. The van der Waals surface area contributed by atoms with Crippen LogP contribution in [0.4, 0.5) is 0 Å². The summed E-state index contributed by atoms with van der Waals surface area (Å²) in [5.74, 6) is -0.193. The van der Waals surface area contributed by atoms with E-state index >= 15 is 0 Å². The van der Waals surface area contributed by atoms with Crippen LogP contribution in [-0.2, 0) is 23.2 Å². The number of aliphatic hydroxyl groups excluding tert-OH is 1. The van der Waals surface area contributed by atoms with Gasteiger partial charge in [0, 0.05) is 5.75 Å². The van der Waals surface area contributed by atoms with E-state index in [4.69, 9.17) is 5.11 Å². The van der Waals surface area contributed by atoms with E-state index in [0.717, 1.165) is 37.0 Å². The molecular formula is C25H50BrN3O4S. The molecule has 0 unspecified atom stereocenters. The van der Waals surface area contributed by atoms with Crippen LogP contribution < -0.4 is 21.5 Å². The van der Waals surface area contributed by atoms with Crippen molar-refractivity contribution in [1.29, 1.82) is 0 Å². The molecule has 0 aliphatic carbocycles. The molecule has 34 heavy (non-hydrogen) atoms. The van der Waals surface area contributed by atoms with Crippen LogP contribution >= 0.6 is 0 Å². The van der Waals surface area contributed by atoms with Gasteiger partial charge in [-0.15, -0.1) is 0 Å². The molecule has 0 bridgehead atoms. The minimum absolute atomic E-state index is 0. The molecule has 0 fully saturated rings. The Kier molecular flexibility index (Phi) is 26.2. The first-order chi connectivity index (χ1) is 15.5. The largest absolute Gasteiger partial charge is 1.00 e. The van der Waals surface area contributed by atoms with Crippen molar-refractivity contribution < 1.29 is 44.1 Å². The Labute approximate surface area is 220 Å². The molecule has 0 saturated carbocycles. The summed E-state index contributed by atoms with van der Waals surface area (Å²) in [6.45, 7) is 15.5. The summed E-state index contributed by atoms with van der Waals surface area (Å²) in [5.41, 5.74) is 0. The summed E-state index contributed by atoms with van der Waals surface area (Å²) >= 11 is 0. The molecular weight excluding hydrogens is 518 g/mol. The smallest absolute Gasteiger partial charge is 0.243 e. The number of aliphatic hydroxyl groups is 1. The number of hydrogen-bond donors (Lipinski definition) is 1. The summed E-state index contributed by atoms with van der Waals surface area (Å²) < 4.78 is 35.7. The molecule has 0 saturated heterocycles. The number of quaternary nitrogens is 1. The highest BCUT2D eigenvalue weighted by Gasteiger charge is 2.07. The Balaban J connectivity index is -0.000000430. The van der Waals surface area contributed by atoms with Crippen LogP contribution in [0.1, 0.15) is 65.2 Å². The molecule has 0 aromatic carbocycles. The SMILES string of the molecule is C=CC[N+](C)(C)CC=C.CCCCCCCCCCS(=O)(=O)[O-].CCn1cc[n+](CCO)c1.[Br-].